The molecule has 0 aromatic heterocycles. The van der Waals surface area contributed by atoms with Crippen molar-refractivity contribution >= 4 is 15.6 Å². The molecule has 5 heteroatoms. The van der Waals surface area contributed by atoms with Crippen LogP contribution in [0.5, 0.6) is 0 Å². The predicted molar refractivity (Wildman–Crippen MR) is 70.7 cm³/mol. The molecule has 0 bridgehead atoms. The molecular weight excluding hydrogens is 238 g/mol. The number of Topliss-reactive ketones (excluding diaryl/α,β-unsaturated/α-hetero) is 1. The molecule has 4 nitrogen and oxygen atoms in total. The Morgan fingerprint density at radius 1 is 1.29 bits per heavy atom. The fourth-order valence-electron chi connectivity index (χ4n) is 1.31. The molecule has 1 atom stereocenters. The lowest BCUT2D eigenvalue weighted by Crippen LogP contribution is -2.35. The van der Waals surface area contributed by atoms with Crippen LogP contribution in [0.4, 0.5) is 0 Å². The molecule has 0 aliphatic carbocycles. The van der Waals surface area contributed by atoms with Crippen LogP contribution in [0, 0.1) is 0 Å². The SMILES string of the molecule is CCCCC(N)C(=O)CCS(=O)(=O)C(C)(C)C. The molecule has 0 aliphatic heterocycles. The average molecular weight is 263 g/mol. The fraction of sp³-hybridized carbons (Fsp3) is 0.917. The highest BCUT2D eigenvalue weighted by atomic mass is 32.2. The van der Waals surface area contributed by atoms with Gasteiger partial charge in [-0.15, -0.1) is 0 Å². The van der Waals surface area contributed by atoms with Crippen molar-refractivity contribution in [2.45, 2.75) is 64.2 Å². The van der Waals surface area contributed by atoms with Gasteiger partial charge in [0.05, 0.1) is 16.5 Å². The number of nitrogens with two attached hydrogens (primary N) is 1. The lowest BCUT2D eigenvalue weighted by molar-refractivity contribution is -0.120. The van der Waals surface area contributed by atoms with Crippen LogP contribution in [0.1, 0.15) is 53.4 Å². The second kappa shape index (κ2) is 6.50. The van der Waals surface area contributed by atoms with Crippen LogP contribution in [0.15, 0.2) is 0 Å². The van der Waals surface area contributed by atoms with Gasteiger partial charge in [-0.3, -0.25) is 4.79 Å². The summed E-state index contributed by atoms with van der Waals surface area (Å²) in [5.41, 5.74) is 5.70. The molecular formula is C12H25NO3S. The molecule has 0 heterocycles. The first-order valence-corrected chi connectivity index (χ1v) is 7.77. The smallest absolute Gasteiger partial charge is 0.155 e. The van der Waals surface area contributed by atoms with Crippen LogP contribution in [0.25, 0.3) is 0 Å². The third-order valence-electron chi connectivity index (χ3n) is 2.83. The number of carbonyl (C=O) groups excluding carboxylic acids is 1. The van der Waals surface area contributed by atoms with Gasteiger partial charge >= 0.3 is 0 Å². The van der Waals surface area contributed by atoms with Gasteiger partial charge in [0.25, 0.3) is 0 Å². The summed E-state index contributed by atoms with van der Waals surface area (Å²) in [6.07, 6.45) is 2.57. The Morgan fingerprint density at radius 3 is 2.24 bits per heavy atom. The standard InChI is InChI=1S/C12H25NO3S/c1-5-6-7-10(13)11(14)8-9-17(15,16)12(2,3)4/h10H,5-9,13H2,1-4H3. The van der Waals surface area contributed by atoms with Crippen LogP contribution in [-0.2, 0) is 14.6 Å². The van der Waals surface area contributed by atoms with Crippen LogP contribution < -0.4 is 5.73 Å². The van der Waals surface area contributed by atoms with Crippen LogP contribution in [0.2, 0.25) is 0 Å². The molecule has 0 saturated heterocycles. The van der Waals surface area contributed by atoms with Crippen molar-refractivity contribution in [3.63, 3.8) is 0 Å². The Bertz CT molecular complexity index is 341. The molecule has 17 heavy (non-hydrogen) atoms. The maximum atomic E-state index is 11.8. The fourth-order valence-corrected chi connectivity index (χ4v) is 2.39. The van der Waals surface area contributed by atoms with Crippen molar-refractivity contribution in [2.24, 2.45) is 5.73 Å². The summed E-state index contributed by atoms with van der Waals surface area (Å²) in [6.45, 7) is 6.96. The van der Waals surface area contributed by atoms with Crippen LogP contribution in [0.3, 0.4) is 0 Å². The van der Waals surface area contributed by atoms with E-state index in [1.54, 1.807) is 20.8 Å². The van der Waals surface area contributed by atoms with E-state index < -0.39 is 20.6 Å². The largest absolute Gasteiger partial charge is 0.322 e. The van der Waals surface area contributed by atoms with Crippen molar-refractivity contribution in [3.05, 3.63) is 0 Å². The topological polar surface area (TPSA) is 77.2 Å². The van der Waals surface area contributed by atoms with E-state index >= 15 is 0 Å². The maximum absolute atomic E-state index is 11.8. The van der Waals surface area contributed by atoms with Gasteiger partial charge in [-0.25, -0.2) is 8.42 Å². The Kier molecular flexibility index (Phi) is 6.34. The van der Waals surface area contributed by atoms with Crippen molar-refractivity contribution in [2.75, 3.05) is 5.75 Å². The molecule has 0 aromatic rings. The zero-order valence-electron chi connectivity index (χ0n) is 11.3. The minimum absolute atomic E-state index is 0.0322. The zero-order valence-corrected chi connectivity index (χ0v) is 12.1. The minimum atomic E-state index is -3.22. The normalized spacial score (nSPS) is 14.6. The van der Waals surface area contributed by atoms with Gasteiger partial charge in [-0.2, -0.15) is 0 Å². The van der Waals surface area contributed by atoms with E-state index in [1.807, 2.05) is 6.92 Å². The Balaban J connectivity index is 4.26. The molecule has 102 valence electrons. The molecule has 0 spiro atoms. The summed E-state index contributed by atoms with van der Waals surface area (Å²) in [7, 11) is -3.22. The number of unbranched alkanes of at least 4 members (excludes halogenated alkanes) is 1. The summed E-state index contributed by atoms with van der Waals surface area (Å²) >= 11 is 0. The van der Waals surface area contributed by atoms with E-state index in [2.05, 4.69) is 0 Å². The monoisotopic (exact) mass is 263 g/mol. The van der Waals surface area contributed by atoms with E-state index in [4.69, 9.17) is 5.73 Å². The van der Waals surface area contributed by atoms with E-state index in [-0.39, 0.29) is 18.0 Å². The van der Waals surface area contributed by atoms with E-state index in [1.165, 1.54) is 0 Å². The number of rotatable bonds is 7. The lowest BCUT2D eigenvalue weighted by Gasteiger charge is -2.19. The summed E-state index contributed by atoms with van der Waals surface area (Å²) in [4.78, 5) is 11.6. The van der Waals surface area contributed by atoms with Gasteiger partial charge in [0.2, 0.25) is 0 Å². The first-order chi connectivity index (χ1) is 7.62. The summed E-state index contributed by atoms with van der Waals surface area (Å²) in [6, 6.07) is -0.509. The highest BCUT2D eigenvalue weighted by molar-refractivity contribution is 7.92. The molecule has 0 aromatic carbocycles. The Labute approximate surface area is 105 Å². The maximum Gasteiger partial charge on any atom is 0.155 e. The van der Waals surface area contributed by atoms with Gasteiger partial charge in [-0.05, 0) is 27.2 Å². The minimum Gasteiger partial charge on any atom is -0.322 e. The van der Waals surface area contributed by atoms with Crippen LogP contribution in [-0.4, -0.2) is 30.7 Å². The summed E-state index contributed by atoms with van der Waals surface area (Å²) < 4.78 is 22.8. The second-order valence-corrected chi connectivity index (χ2v) is 8.26. The van der Waals surface area contributed by atoms with Gasteiger partial charge in [0, 0.05) is 6.42 Å². The number of hydrogen-bond acceptors (Lipinski definition) is 4. The quantitative estimate of drug-likeness (QED) is 0.758. The molecule has 2 N–H and O–H groups in total. The van der Waals surface area contributed by atoms with Gasteiger partial charge < -0.3 is 5.73 Å². The number of sulfone groups is 1. The third-order valence-corrected chi connectivity index (χ3v) is 5.44. The van der Waals surface area contributed by atoms with Crippen LogP contribution >= 0.6 is 0 Å². The lowest BCUT2D eigenvalue weighted by atomic mass is 10.1. The molecule has 0 fully saturated rings. The van der Waals surface area contributed by atoms with Gasteiger partial charge in [0.15, 0.2) is 15.6 Å². The molecule has 0 amide bonds. The first kappa shape index (κ1) is 16.6. The number of carbonyl (C=O) groups is 1. The highest BCUT2D eigenvalue weighted by Gasteiger charge is 2.29. The van der Waals surface area contributed by atoms with Crippen molar-refractivity contribution in [1.29, 1.82) is 0 Å². The highest BCUT2D eigenvalue weighted by Crippen LogP contribution is 2.17. The third kappa shape index (κ3) is 5.64. The molecule has 1 unspecified atom stereocenters. The zero-order chi connectivity index (χ0) is 13.7. The number of ketones is 1. The molecule has 0 aliphatic rings. The summed E-state index contributed by atoms with van der Waals surface area (Å²) in [5.74, 6) is -0.249. The van der Waals surface area contributed by atoms with E-state index in [9.17, 15) is 13.2 Å². The van der Waals surface area contributed by atoms with Gasteiger partial charge in [-0.1, -0.05) is 19.8 Å². The Hall–Kier alpha value is -0.420. The Morgan fingerprint density at radius 2 is 1.82 bits per heavy atom. The summed E-state index contributed by atoms with van der Waals surface area (Å²) in [5, 5.41) is 0. The van der Waals surface area contributed by atoms with E-state index in [0.717, 1.165) is 12.8 Å². The van der Waals surface area contributed by atoms with Crippen molar-refractivity contribution in [3.8, 4) is 0 Å². The van der Waals surface area contributed by atoms with Crippen molar-refractivity contribution in [1.82, 2.24) is 0 Å². The second-order valence-electron chi connectivity index (χ2n) is 5.40. The van der Waals surface area contributed by atoms with Gasteiger partial charge in [0.1, 0.15) is 0 Å². The first-order valence-electron chi connectivity index (χ1n) is 6.12. The molecule has 0 saturated carbocycles. The van der Waals surface area contributed by atoms with E-state index in [0.29, 0.717) is 6.42 Å². The number of hydrogen-bond donors (Lipinski definition) is 1. The molecule has 0 rings (SSSR count). The molecule has 0 radical (unpaired) electrons. The van der Waals surface area contributed by atoms with Crippen molar-refractivity contribution < 1.29 is 13.2 Å². The predicted octanol–water partition coefficient (Wildman–Crippen LogP) is 1.68. The average Bonchev–Trinajstić information content (AvgIpc) is 2.20.